The van der Waals surface area contributed by atoms with Crippen LogP contribution >= 0.6 is 0 Å². The number of aromatic amines is 1. The van der Waals surface area contributed by atoms with Gasteiger partial charge in [0.05, 0.1) is 0 Å². The van der Waals surface area contributed by atoms with Crippen LogP contribution in [0.4, 0.5) is 5.82 Å². The largest absolute Gasteiger partial charge is 0.347 e. The molecule has 0 saturated heterocycles. The van der Waals surface area contributed by atoms with Crippen molar-refractivity contribution in [2.75, 3.05) is 5.43 Å². The number of hydrogen-bond acceptors (Lipinski definition) is 2. The molecule has 1 aromatic heterocycles. The maximum absolute atomic E-state index is 3.20. The molecular weight excluding hydrogens is 162 g/mol. The van der Waals surface area contributed by atoms with E-state index in [9.17, 15) is 0 Å². The van der Waals surface area contributed by atoms with Crippen LogP contribution in [-0.2, 0) is 0 Å². The van der Waals surface area contributed by atoms with Gasteiger partial charge in [-0.1, -0.05) is 6.08 Å². The normalized spacial score (nSPS) is 16.5. The van der Waals surface area contributed by atoms with E-state index in [1.807, 2.05) is 18.3 Å². The van der Waals surface area contributed by atoms with E-state index in [2.05, 4.69) is 21.9 Å². The Morgan fingerprint density at radius 1 is 1.23 bits per heavy atom. The zero-order valence-corrected chi connectivity index (χ0v) is 7.64. The van der Waals surface area contributed by atoms with Crippen LogP contribution in [0.2, 0.25) is 0 Å². The minimum atomic E-state index is 1.01. The van der Waals surface area contributed by atoms with Crippen LogP contribution in [0.1, 0.15) is 25.7 Å². The van der Waals surface area contributed by atoms with Gasteiger partial charge in [0.25, 0.3) is 0 Å². The molecule has 3 heteroatoms. The third-order valence-corrected chi connectivity index (χ3v) is 2.25. The lowest BCUT2D eigenvalue weighted by atomic mass is 10.1. The molecule has 1 heterocycles. The van der Waals surface area contributed by atoms with Crippen LogP contribution in [0.25, 0.3) is 0 Å². The first-order valence-electron chi connectivity index (χ1n) is 4.79. The number of hydrogen-bond donors (Lipinski definition) is 3. The SMILES string of the molecule is C1=C(NNc2ccc[nH]2)CCCC1. The molecule has 0 saturated carbocycles. The Kier molecular flexibility index (Phi) is 2.55. The molecule has 1 aliphatic carbocycles. The van der Waals surface area contributed by atoms with Crippen LogP contribution in [0, 0.1) is 0 Å². The third kappa shape index (κ3) is 2.28. The van der Waals surface area contributed by atoms with E-state index >= 15 is 0 Å². The van der Waals surface area contributed by atoms with Gasteiger partial charge in [0.15, 0.2) is 0 Å². The Hall–Kier alpha value is -1.38. The van der Waals surface area contributed by atoms with Gasteiger partial charge in [0.1, 0.15) is 5.82 Å². The highest BCUT2D eigenvalue weighted by molar-refractivity contribution is 5.33. The fourth-order valence-corrected chi connectivity index (χ4v) is 1.51. The lowest BCUT2D eigenvalue weighted by Crippen LogP contribution is -2.22. The summed E-state index contributed by atoms with van der Waals surface area (Å²) in [6.45, 7) is 0. The highest BCUT2D eigenvalue weighted by Gasteiger charge is 2.01. The number of rotatable bonds is 3. The molecule has 2 rings (SSSR count). The van der Waals surface area contributed by atoms with E-state index < -0.39 is 0 Å². The van der Waals surface area contributed by atoms with E-state index in [-0.39, 0.29) is 0 Å². The van der Waals surface area contributed by atoms with Gasteiger partial charge < -0.3 is 10.4 Å². The van der Waals surface area contributed by atoms with Crippen molar-refractivity contribution in [3.63, 3.8) is 0 Å². The summed E-state index contributed by atoms with van der Waals surface area (Å²) in [7, 11) is 0. The maximum Gasteiger partial charge on any atom is 0.121 e. The average Bonchev–Trinajstić information content (AvgIpc) is 2.69. The topological polar surface area (TPSA) is 39.8 Å². The molecule has 3 nitrogen and oxygen atoms in total. The Morgan fingerprint density at radius 2 is 2.23 bits per heavy atom. The number of H-pyrrole nitrogens is 1. The monoisotopic (exact) mass is 177 g/mol. The molecule has 0 bridgehead atoms. The molecule has 0 fully saturated rings. The molecule has 70 valence electrons. The molecular formula is C10H15N3. The number of allylic oxidation sites excluding steroid dienone is 2. The van der Waals surface area contributed by atoms with Crippen LogP contribution in [0.5, 0.6) is 0 Å². The van der Waals surface area contributed by atoms with Crippen molar-refractivity contribution >= 4 is 5.82 Å². The summed E-state index contributed by atoms with van der Waals surface area (Å²) in [5.41, 5.74) is 7.63. The molecule has 3 N–H and O–H groups in total. The Balaban J connectivity index is 1.82. The van der Waals surface area contributed by atoms with Gasteiger partial charge in [0, 0.05) is 11.9 Å². The summed E-state index contributed by atoms with van der Waals surface area (Å²) in [5, 5.41) is 0. The molecule has 13 heavy (non-hydrogen) atoms. The number of hydrazine groups is 1. The molecule has 1 aromatic rings. The highest BCUT2D eigenvalue weighted by atomic mass is 15.4. The number of nitrogens with one attached hydrogen (secondary N) is 3. The van der Waals surface area contributed by atoms with Crippen LogP contribution in [0.15, 0.2) is 30.1 Å². The van der Waals surface area contributed by atoms with Crippen LogP contribution in [-0.4, -0.2) is 4.98 Å². The summed E-state index contributed by atoms with van der Waals surface area (Å²) >= 11 is 0. The molecule has 0 aromatic carbocycles. The number of aromatic nitrogens is 1. The van der Waals surface area contributed by atoms with Crippen molar-refractivity contribution in [1.29, 1.82) is 0 Å². The van der Waals surface area contributed by atoms with Crippen molar-refractivity contribution < 1.29 is 0 Å². The van der Waals surface area contributed by atoms with Crippen molar-refractivity contribution in [2.45, 2.75) is 25.7 Å². The van der Waals surface area contributed by atoms with Gasteiger partial charge in [-0.2, -0.15) is 0 Å². The number of anilines is 1. The summed E-state index contributed by atoms with van der Waals surface area (Å²) in [4.78, 5) is 3.08. The van der Waals surface area contributed by atoms with E-state index in [1.54, 1.807) is 0 Å². The van der Waals surface area contributed by atoms with E-state index in [4.69, 9.17) is 0 Å². The van der Waals surface area contributed by atoms with Crippen molar-refractivity contribution in [2.24, 2.45) is 0 Å². The van der Waals surface area contributed by atoms with Gasteiger partial charge in [-0.3, -0.25) is 5.43 Å². The first kappa shape index (κ1) is 8.23. The minimum absolute atomic E-state index is 1.01. The minimum Gasteiger partial charge on any atom is -0.347 e. The fourth-order valence-electron chi connectivity index (χ4n) is 1.51. The van der Waals surface area contributed by atoms with Crippen LogP contribution in [0.3, 0.4) is 0 Å². The lowest BCUT2D eigenvalue weighted by molar-refractivity contribution is 0.664. The predicted octanol–water partition coefficient (Wildman–Crippen LogP) is 2.39. The molecule has 0 atom stereocenters. The second-order valence-corrected chi connectivity index (χ2v) is 3.31. The standard InChI is InChI=1S/C10H15N3/c1-2-5-9(6-3-1)12-13-10-7-4-8-11-10/h4-5,7-8,11-13H,1-3,6H2. The molecule has 0 aliphatic heterocycles. The molecule has 0 spiro atoms. The highest BCUT2D eigenvalue weighted by Crippen LogP contribution is 2.14. The summed E-state index contributed by atoms with van der Waals surface area (Å²) in [6, 6.07) is 3.97. The summed E-state index contributed by atoms with van der Waals surface area (Å²) in [5.74, 6) is 1.01. The first-order chi connectivity index (χ1) is 6.45. The van der Waals surface area contributed by atoms with E-state index in [0.29, 0.717) is 0 Å². The second kappa shape index (κ2) is 4.03. The third-order valence-electron chi connectivity index (χ3n) is 2.25. The van der Waals surface area contributed by atoms with E-state index in [0.717, 1.165) is 12.2 Å². The van der Waals surface area contributed by atoms with Crippen molar-refractivity contribution in [1.82, 2.24) is 10.4 Å². The Bertz CT molecular complexity index is 274. The van der Waals surface area contributed by atoms with Gasteiger partial charge in [-0.15, -0.1) is 0 Å². The van der Waals surface area contributed by atoms with Gasteiger partial charge in [-0.05, 0) is 37.8 Å². The second-order valence-electron chi connectivity index (χ2n) is 3.31. The summed E-state index contributed by atoms with van der Waals surface area (Å²) in [6.07, 6.45) is 9.15. The smallest absolute Gasteiger partial charge is 0.121 e. The fraction of sp³-hybridized carbons (Fsp3) is 0.400. The molecule has 1 aliphatic rings. The van der Waals surface area contributed by atoms with Gasteiger partial charge in [-0.25, -0.2) is 0 Å². The van der Waals surface area contributed by atoms with Crippen molar-refractivity contribution in [3.8, 4) is 0 Å². The average molecular weight is 177 g/mol. The molecule has 0 unspecified atom stereocenters. The zero-order valence-electron chi connectivity index (χ0n) is 7.64. The molecule has 0 amide bonds. The van der Waals surface area contributed by atoms with Crippen molar-refractivity contribution in [3.05, 3.63) is 30.1 Å². The predicted molar refractivity (Wildman–Crippen MR) is 54.1 cm³/mol. The maximum atomic E-state index is 3.20. The summed E-state index contributed by atoms with van der Waals surface area (Å²) < 4.78 is 0. The zero-order chi connectivity index (χ0) is 8.93. The van der Waals surface area contributed by atoms with Gasteiger partial charge in [0.2, 0.25) is 0 Å². The van der Waals surface area contributed by atoms with E-state index in [1.165, 1.54) is 25.0 Å². The van der Waals surface area contributed by atoms with Gasteiger partial charge >= 0.3 is 0 Å². The Morgan fingerprint density at radius 3 is 2.92 bits per heavy atom. The quantitative estimate of drug-likeness (QED) is 0.620. The molecule has 0 radical (unpaired) electrons. The first-order valence-corrected chi connectivity index (χ1v) is 4.79. The Labute approximate surface area is 78.2 Å². The lowest BCUT2D eigenvalue weighted by Gasteiger charge is -2.15. The van der Waals surface area contributed by atoms with Crippen LogP contribution < -0.4 is 10.9 Å².